The molecule has 0 aliphatic heterocycles. The lowest BCUT2D eigenvalue weighted by Crippen LogP contribution is -2.28. The summed E-state index contributed by atoms with van der Waals surface area (Å²) < 4.78 is 0. The molecule has 16 heavy (non-hydrogen) atoms. The summed E-state index contributed by atoms with van der Waals surface area (Å²) in [7, 11) is 0. The molecule has 0 saturated carbocycles. The molecule has 0 amide bonds. The monoisotopic (exact) mass is 237 g/mol. The van der Waals surface area contributed by atoms with Crippen molar-refractivity contribution in [3.05, 3.63) is 17.8 Å². The Morgan fingerprint density at radius 1 is 1.38 bits per heavy atom. The highest BCUT2D eigenvalue weighted by atomic mass is 32.1. The summed E-state index contributed by atoms with van der Waals surface area (Å²) in [5.74, 6) is 0.933. The van der Waals surface area contributed by atoms with Crippen molar-refractivity contribution < 1.29 is 5.11 Å². The first kappa shape index (κ1) is 11.3. The van der Waals surface area contributed by atoms with Gasteiger partial charge in [0, 0.05) is 13.1 Å². The average Bonchev–Trinajstić information content (AvgIpc) is 2.76. The Hall–Kier alpha value is -1.20. The van der Waals surface area contributed by atoms with Crippen LogP contribution in [0.5, 0.6) is 0 Å². The standard InChI is InChI=1S/C11H15N3OS/c1-2-4-14(5-6-15)10-9-3-7-16-11(9)13-8-12-10/h3,7-8,15H,2,4-6H2,1H3. The summed E-state index contributed by atoms with van der Waals surface area (Å²) in [5.41, 5.74) is 0. The number of fused-ring (bicyclic) bond motifs is 1. The van der Waals surface area contributed by atoms with Crippen molar-refractivity contribution in [3.8, 4) is 0 Å². The van der Waals surface area contributed by atoms with E-state index in [1.165, 1.54) is 0 Å². The molecule has 0 bridgehead atoms. The van der Waals surface area contributed by atoms with Gasteiger partial charge < -0.3 is 10.0 Å². The van der Waals surface area contributed by atoms with E-state index in [4.69, 9.17) is 5.11 Å². The second-order valence-electron chi connectivity index (χ2n) is 3.55. The summed E-state index contributed by atoms with van der Waals surface area (Å²) in [6.45, 7) is 3.80. The van der Waals surface area contributed by atoms with Crippen LogP contribution in [-0.2, 0) is 0 Å². The number of thiophene rings is 1. The van der Waals surface area contributed by atoms with Crippen LogP contribution in [0.3, 0.4) is 0 Å². The van der Waals surface area contributed by atoms with Crippen LogP contribution in [0.25, 0.3) is 10.2 Å². The first-order valence-electron chi connectivity index (χ1n) is 5.40. The van der Waals surface area contributed by atoms with Crippen LogP contribution in [-0.4, -0.2) is 34.8 Å². The molecule has 0 saturated heterocycles. The number of nitrogens with zero attached hydrogens (tertiary/aromatic N) is 3. The van der Waals surface area contributed by atoms with E-state index in [1.54, 1.807) is 17.7 Å². The van der Waals surface area contributed by atoms with Crippen LogP contribution < -0.4 is 4.90 Å². The molecule has 5 heteroatoms. The quantitative estimate of drug-likeness (QED) is 0.863. The second kappa shape index (κ2) is 5.23. The van der Waals surface area contributed by atoms with Crippen LogP contribution in [0.2, 0.25) is 0 Å². The lowest BCUT2D eigenvalue weighted by Gasteiger charge is -2.22. The van der Waals surface area contributed by atoms with Crippen LogP contribution in [0.15, 0.2) is 17.8 Å². The van der Waals surface area contributed by atoms with Gasteiger partial charge in [-0.15, -0.1) is 11.3 Å². The Kier molecular flexibility index (Phi) is 3.69. The smallest absolute Gasteiger partial charge is 0.140 e. The normalized spacial score (nSPS) is 10.9. The third kappa shape index (κ3) is 2.15. The minimum atomic E-state index is 0.148. The molecule has 2 heterocycles. The summed E-state index contributed by atoms with van der Waals surface area (Å²) >= 11 is 1.61. The van der Waals surface area contributed by atoms with Gasteiger partial charge in [0.25, 0.3) is 0 Å². The van der Waals surface area contributed by atoms with E-state index in [0.29, 0.717) is 6.54 Å². The van der Waals surface area contributed by atoms with E-state index in [2.05, 4.69) is 21.8 Å². The Morgan fingerprint density at radius 3 is 3.00 bits per heavy atom. The zero-order chi connectivity index (χ0) is 11.4. The molecule has 0 atom stereocenters. The van der Waals surface area contributed by atoms with Gasteiger partial charge in [0.05, 0.1) is 12.0 Å². The highest BCUT2D eigenvalue weighted by molar-refractivity contribution is 7.16. The molecule has 0 aliphatic carbocycles. The van der Waals surface area contributed by atoms with Crippen molar-refractivity contribution in [2.24, 2.45) is 0 Å². The van der Waals surface area contributed by atoms with E-state index in [-0.39, 0.29) is 6.61 Å². The number of aliphatic hydroxyl groups is 1. The SMILES string of the molecule is CCCN(CCO)c1ncnc2sccc12. The molecule has 1 N–H and O–H groups in total. The first-order chi connectivity index (χ1) is 7.86. The molecular weight excluding hydrogens is 222 g/mol. The number of rotatable bonds is 5. The predicted octanol–water partition coefficient (Wildman–Crippen LogP) is 1.90. The molecule has 0 fully saturated rings. The van der Waals surface area contributed by atoms with Crippen molar-refractivity contribution in [2.45, 2.75) is 13.3 Å². The van der Waals surface area contributed by atoms with Crippen molar-refractivity contribution >= 4 is 27.4 Å². The van der Waals surface area contributed by atoms with Gasteiger partial charge in [0.2, 0.25) is 0 Å². The Balaban J connectivity index is 2.38. The van der Waals surface area contributed by atoms with Crippen LogP contribution in [0.4, 0.5) is 5.82 Å². The number of hydrogen-bond donors (Lipinski definition) is 1. The zero-order valence-corrected chi connectivity index (χ0v) is 10.1. The maximum atomic E-state index is 9.06. The van der Waals surface area contributed by atoms with Gasteiger partial charge in [-0.25, -0.2) is 9.97 Å². The number of anilines is 1. The largest absolute Gasteiger partial charge is 0.395 e. The fraction of sp³-hybridized carbons (Fsp3) is 0.455. The van der Waals surface area contributed by atoms with Gasteiger partial charge in [-0.1, -0.05) is 6.92 Å². The van der Waals surface area contributed by atoms with E-state index in [1.807, 2.05) is 11.4 Å². The Morgan fingerprint density at radius 2 is 2.25 bits per heavy atom. The summed E-state index contributed by atoms with van der Waals surface area (Å²) in [5, 5.41) is 12.2. The molecule has 0 spiro atoms. The Bertz CT molecular complexity index is 451. The van der Waals surface area contributed by atoms with Crippen molar-refractivity contribution in [1.29, 1.82) is 0 Å². The lowest BCUT2D eigenvalue weighted by atomic mass is 10.3. The highest BCUT2D eigenvalue weighted by Crippen LogP contribution is 2.26. The topological polar surface area (TPSA) is 49.2 Å². The van der Waals surface area contributed by atoms with Gasteiger partial charge in [0.15, 0.2) is 0 Å². The van der Waals surface area contributed by atoms with E-state index in [0.717, 1.165) is 29.0 Å². The molecule has 0 radical (unpaired) electrons. The van der Waals surface area contributed by atoms with Gasteiger partial charge in [-0.3, -0.25) is 0 Å². The van der Waals surface area contributed by atoms with Crippen LogP contribution >= 0.6 is 11.3 Å². The van der Waals surface area contributed by atoms with Gasteiger partial charge in [0.1, 0.15) is 17.0 Å². The van der Waals surface area contributed by atoms with Gasteiger partial charge in [-0.2, -0.15) is 0 Å². The summed E-state index contributed by atoms with van der Waals surface area (Å²) in [6.07, 6.45) is 2.63. The number of aromatic nitrogens is 2. The molecule has 4 nitrogen and oxygen atoms in total. The lowest BCUT2D eigenvalue weighted by molar-refractivity contribution is 0.301. The second-order valence-corrected chi connectivity index (χ2v) is 4.44. The molecule has 2 aromatic heterocycles. The molecule has 2 rings (SSSR count). The first-order valence-corrected chi connectivity index (χ1v) is 6.28. The molecular formula is C11H15N3OS. The summed E-state index contributed by atoms with van der Waals surface area (Å²) in [4.78, 5) is 11.7. The average molecular weight is 237 g/mol. The number of aliphatic hydroxyl groups excluding tert-OH is 1. The minimum Gasteiger partial charge on any atom is -0.395 e. The highest BCUT2D eigenvalue weighted by Gasteiger charge is 2.11. The molecule has 2 aromatic rings. The summed E-state index contributed by atoms with van der Waals surface area (Å²) in [6, 6.07) is 2.04. The molecule has 0 unspecified atom stereocenters. The van der Waals surface area contributed by atoms with Crippen molar-refractivity contribution in [1.82, 2.24) is 9.97 Å². The maximum Gasteiger partial charge on any atom is 0.140 e. The molecule has 86 valence electrons. The van der Waals surface area contributed by atoms with E-state index >= 15 is 0 Å². The maximum absolute atomic E-state index is 9.06. The third-order valence-electron chi connectivity index (χ3n) is 2.40. The zero-order valence-electron chi connectivity index (χ0n) is 9.26. The fourth-order valence-electron chi connectivity index (χ4n) is 1.74. The van der Waals surface area contributed by atoms with E-state index in [9.17, 15) is 0 Å². The number of hydrogen-bond acceptors (Lipinski definition) is 5. The van der Waals surface area contributed by atoms with Crippen LogP contribution in [0.1, 0.15) is 13.3 Å². The fourth-order valence-corrected chi connectivity index (χ4v) is 2.47. The van der Waals surface area contributed by atoms with E-state index < -0.39 is 0 Å². The Labute approximate surface area is 98.6 Å². The van der Waals surface area contributed by atoms with Gasteiger partial charge >= 0.3 is 0 Å². The predicted molar refractivity (Wildman–Crippen MR) is 67.0 cm³/mol. The molecule has 0 aromatic carbocycles. The van der Waals surface area contributed by atoms with Crippen molar-refractivity contribution in [3.63, 3.8) is 0 Å². The minimum absolute atomic E-state index is 0.148. The van der Waals surface area contributed by atoms with Crippen molar-refractivity contribution in [2.75, 3.05) is 24.6 Å². The van der Waals surface area contributed by atoms with Gasteiger partial charge in [-0.05, 0) is 17.9 Å². The third-order valence-corrected chi connectivity index (χ3v) is 3.22. The molecule has 0 aliphatic rings. The van der Waals surface area contributed by atoms with Crippen LogP contribution in [0, 0.1) is 0 Å².